The molecule has 0 saturated heterocycles. The van der Waals surface area contributed by atoms with Crippen LogP contribution in [0.3, 0.4) is 0 Å². The Morgan fingerprint density at radius 3 is 2.24 bits per heavy atom. The van der Waals surface area contributed by atoms with Gasteiger partial charge in [0.05, 0.1) is 12.6 Å². The second-order valence-electron chi connectivity index (χ2n) is 6.28. The molecule has 1 saturated carbocycles. The minimum absolute atomic E-state index is 0.222. The van der Waals surface area contributed by atoms with Gasteiger partial charge in [0.15, 0.2) is 0 Å². The largest absolute Gasteiger partial charge is 0.494 e. The van der Waals surface area contributed by atoms with Crippen LogP contribution in [0, 0.1) is 0 Å². The second-order valence-corrected chi connectivity index (χ2v) is 6.28. The van der Waals surface area contributed by atoms with Crippen LogP contribution >= 0.6 is 0 Å². The molecule has 2 rings (SSSR count). The summed E-state index contributed by atoms with van der Waals surface area (Å²) in [5, 5.41) is 3.58. The van der Waals surface area contributed by atoms with Gasteiger partial charge in [-0.2, -0.15) is 0 Å². The highest BCUT2D eigenvalue weighted by molar-refractivity contribution is 5.31. The molecule has 0 amide bonds. The molecule has 3 heteroatoms. The summed E-state index contributed by atoms with van der Waals surface area (Å²) < 4.78 is 5.56. The van der Waals surface area contributed by atoms with E-state index in [9.17, 15) is 0 Å². The first-order valence-corrected chi connectivity index (χ1v) is 8.21. The number of likely N-dealkylation sites (N-methyl/N-ethyl adjacent to an activating group) is 2. The van der Waals surface area contributed by atoms with Gasteiger partial charge in [-0.15, -0.1) is 0 Å². The van der Waals surface area contributed by atoms with Crippen LogP contribution in [-0.2, 0) is 0 Å². The highest BCUT2D eigenvalue weighted by Crippen LogP contribution is 2.42. The third-order valence-corrected chi connectivity index (χ3v) is 4.96. The zero-order chi connectivity index (χ0) is 15.3. The maximum atomic E-state index is 5.56. The van der Waals surface area contributed by atoms with Gasteiger partial charge < -0.3 is 15.0 Å². The van der Waals surface area contributed by atoms with Crippen molar-refractivity contribution >= 4 is 0 Å². The lowest BCUT2D eigenvalue weighted by molar-refractivity contribution is 0.0594. The SMILES string of the molecule is CCOc1ccc(C(NC)C2(N(C)C)CCCCC2)cc1. The van der Waals surface area contributed by atoms with Crippen LogP contribution < -0.4 is 10.1 Å². The summed E-state index contributed by atoms with van der Waals surface area (Å²) in [6.07, 6.45) is 6.55. The first-order chi connectivity index (χ1) is 10.1. The maximum absolute atomic E-state index is 5.56. The molecule has 0 bridgehead atoms. The number of ether oxygens (including phenoxy) is 1. The second kappa shape index (κ2) is 7.28. The standard InChI is InChI=1S/C18H30N2O/c1-5-21-16-11-9-15(10-12-16)17(19-2)18(20(3)4)13-7-6-8-14-18/h9-12,17,19H,5-8,13-14H2,1-4H3. The summed E-state index contributed by atoms with van der Waals surface area (Å²) in [6.45, 7) is 2.74. The van der Waals surface area contributed by atoms with Crippen molar-refractivity contribution in [2.24, 2.45) is 0 Å². The molecule has 0 aliphatic heterocycles. The number of hydrogen-bond donors (Lipinski definition) is 1. The summed E-state index contributed by atoms with van der Waals surface area (Å²) in [5.74, 6) is 0.957. The highest BCUT2D eigenvalue weighted by atomic mass is 16.5. The van der Waals surface area contributed by atoms with Gasteiger partial charge in [0.2, 0.25) is 0 Å². The minimum atomic E-state index is 0.222. The Balaban J connectivity index is 2.27. The fourth-order valence-corrected chi connectivity index (χ4v) is 3.83. The smallest absolute Gasteiger partial charge is 0.119 e. The average molecular weight is 290 g/mol. The molecule has 0 radical (unpaired) electrons. The summed E-state index contributed by atoms with van der Waals surface area (Å²) in [4.78, 5) is 2.43. The van der Waals surface area contributed by atoms with Gasteiger partial charge in [0.25, 0.3) is 0 Å². The Labute approximate surface area is 129 Å². The Bertz CT molecular complexity index is 421. The third kappa shape index (κ3) is 3.41. The zero-order valence-corrected chi connectivity index (χ0v) is 14.0. The topological polar surface area (TPSA) is 24.5 Å². The van der Waals surface area contributed by atoms with Gasteiger partial charge in [-0.3, -0.25) is 0 Å². The lowest BCUT2D eigenvalue weighted by atomic mass is 9.73. The molecule has 118 valence electrons. The monoisotopic (exact) mass is 290 g/mol. The van der Waals surface area contributed by atoms with Crippen molar-refractivity contribution in [1.82, 2.24) is 10.2 Å². The first kappa shape index (κ1) is 16.3. The highest BCUT2D eigenvalue weighted by Gasteiger charge is 2.41. The van der Waals surface area contributed by atoms with E-state index in [0.29, 0.717) is 6.04 Å². The molecule has 1 aromatic rings. The Kier molecular flexibility index (Phi) is 5.65. The third-order valence-electron chi connectivity index (χ3n) is 4.96. The molecule has 1 fully saturated rings. The van der Waals surface area contributed by atoms with Crippen LogP contribution in [0.1, 0.15) is 50.6 Å². The Morgan fingerprint density at radius 2 is 1.76 bits per heavy atom. The van der Waals surface area contributed by atoms with E-state index in [2.05, 4.69) is 55.6 Å². The van der Waals surface area contributed by atoms with Gasteiger partial charge in [-0.05, 0) is 58.6 Å². The van der Waals surface area contributed by atoms with Crippen molar-refractivity contribution in [2.45, 2.75) is 50.6 Å². The molecule has 1 unspecified atom stereocenters. The fourth-order valence-electron chi connectivity index (χ4n) is 3.83. The molecule has 1 aliphatic rings. The van der Waals surface area contributed by atoms with Crippen LogP contribution in [0.15, 0.2) is 24.3 Å². The maximum Gasteiger partial charge on any atom is 0.119 e. The quantitative estimate of drug-likeness (QED) is 0.866. The molecule has 3 nitrogen and oxygen atoms in total. The van der Waals surface area contributed by atoms with Crippen molar-refractivity contribution in [3.05, 3.63) is 29.8 Å². The molecular formula is C18H30N2O. The summed E-state index contributed by atoms with van der Waals surface area (Å²) in [5.41, 5.74) is 1.58. The van der Waals surface area contributed by atoms with Crippen molar-refractivity contribution < 1.29 is 4.74 Å². The van der Waals surface area contributed by atoms with Crippen LogP contribution in [-0.4, -0.2) is 38.2 Å². The summed E-state index contributed by atoms with van der Waals surface area (Å²) >= 11 is 0. The van der Waals surface area contributed by atoms with Crippen LogP contribution in [0.2, 0.25) is 0 Å². The van der Waals surface area contributed by atoms with Crippen LogP contribution in [0.25, 0.3) is 0 Å². The van der Waals surface area contributed by atoms with Crippen LogP contribution in [0.4, 0.5) is 0 Å². The van der Waals surface area contributed by atoms with Crippen LogP contribution in [0.5, 0.6) is 5.75 Å². The Morgan fingerprint density at radius 1 is 1.14 bits per heavy atom. The lowest BCUT2D eigenvalue weighted by Gasteiger charge is -2.48. The zero-order valence-electron chi connectivity index (χ0n) is 14.0. The molecule has 1 atom stereocenters. The molecule has 21 heavy (non-hydrogen) atoms. The van der Waals surface area contributed by atoms with Crippen molar-refractivity contribution in [3.8, 4) is 5.75 Å². The van der Waals surface area contributed by atoms with Gasteiger partial charge in [-0.25, -0.2) is 0 Å². The van der Waals surface area contributed by atoms with E-state index < -0.39 is 0 Å². The molecule has 1 aromatic carbocycles. The van der Waals surface area contributed by atoms with Gasteiger partial charge in [-0.1, -0.05) is 31.4 Å². The number of nitrogens with one attached hydrogen (secondary N) is 1. The number of nitrogens with zero attached hydrogens (tertiary/aromatic N) is 1. The van der Waals surface area contributed by atoms with E-state index in [1.54, 1.807) is 0 Å². The molecular weight excluding hydrogens is 260 g/mol. The predicted molar refractivity (Wildman–Crippen MR) is 88.9 cm³/mol. The molecule has 1 aliphatic carbocycles. The number of benzene rings is 1. The molecule has 0 spiro atoms. The number of hydrogen-bond acceptors (Lipinski definition) is 3. The normalized spacial score (nSPS) is 19.5. The van der Waals surface area contributed by atoms with Crippen molar-refractivity contribution in [3.63, 3.8) is 0 Å². The summed E-state index contributed by atoms with van der Waals surface area (Å²) in [6, 6.07) is 8.98. The van der Waals surface area contributed by atoms with E-state index in [-0.39, 0.29) is 5.54 Å². The number of rotatable bonds is 6. The fraction of sp³-hybridized carbons (Fsp3) is 0.667. The summed E-state index contributed by atoms with van der Waals surface area (Å²) in [7, 11) is 6.54. The lowest BCUT2D eigenvalue weighted by Crippen LogP contribution is -2.54. The van der Waals surface area contributed by atoms with E-state index in [0.717, 1.165) is 12.4 Å². The van der Waals surface area contributed by atoms with E-state index in [1.807, 2.05) is 6.92 Å². The molecule has 0 heterocycles. The molecule has 1 N–H and O–H groups in total. The van der Waals surface area contributed by atoms with Gasteiger partial charge >= 0.3 is 0 Å². The van der Waals surface area contributed by atoms with E-state index >= 15 is 0 Å². The predicted octanol–water partition coefficient (Wildman–Crippen LogP) is 3.61. The van der Waals surface area contributed by atoms with Crippen molar-refractivity contribution in [2.75, 3.05) is 27.7 Å². The average Bonchev–Trinajstić information content (AvgIpc) is 2.51. The Hall–Kier alpha value is -1.06. The van der Waals surface area contributed by atoms with Crippen molar-refractivity contribution in [1.29, 1.82) is 0 Å². The first-order valence-electron chi connectivity index (χ1n) is 8.21. The minimum Gasteiger partial charge on any atom is -0.494 e. The van der Waals surface area contributed by atoms with Gasteiger partial charge in [0.1, 0.15) is 5.75 Å². The van der Waals surface area contributed by atoms with E-state index in [4.69, 9.17) is 4.74 Å². The van der Waals surface area contributed by atoms with Gasteiger partial charge in [0, 0.05) is 5.54 Å². The van der Waals surface area contributed by atoms with E-state index in [1.165, 1.54) is 37.7 Å². The molecule has 0 aromatic heterocycles.